The molecule has 0 spiro atoms. The number of esters is 1. The molecular formula is C27H38F4O3. The first-order valence-corrected chi connectivity index (χ1v) is 12.9. The Hall–Kier alpha value is -1.79. The van der Waals surface area contributed by atoms with Crippen molar-refractivity contribution in [1.82, 2.24) is 0 Å². The summed E-state index contributed by atoms with van der Waals surface area (Å²) < 4.78 is 59.9. The van der Waals surface area contributed by atoms with Crippen molar-refractivity contribution in [3.63, 3.8) is 0 Å². The molecule has 2 aliphatic rings. The van der Waals surface area contributed by atoms with Crippen molar-refractivity contribution in [3.05, 3.63) is 24.3 Å². The summed E-state index contributed by atoms with van der Waals surface area (Å²) in [5, 5.41) is 0. The molecule has 2 saturated carbocycles. The van der Waals surface area contributed by atoms with Crippen LogP contribution in [0.1, 0.15) is 90.4 Å². The lowest BCUT2D eigenvalue weighted by atomic mass is 9.68. The van der Waals surface area contributed by atoms with Gasteiger partial charge in [0.15, 0.2) is 0 Å². The number of ether oxygens (including phenoxy) is 2. The van der Waals surface area contributed by atoms with Crippen LogP contribution in [0.4, 0.5) is 17.6 Å². The summed E-state index contributed by atoms with van der Waals surface area (Å²) in [6, 6.07) is 4.74. The van der Waals surface area contributed by atoms with Crippen molar-refractivity contribution in [1.29, 1.82) is 0 Å². The zero-order valence-electron chi connectivity index (χ0n) is 20.1. The van der Waals surface area contributed by atoms with Gasteiger partial charge in [-0.15, -0.1) is 0 Å². The van der Waals surface area contributed by atoms with Gasteiger partial charge in [0.05, 0.1) is 5.92 Å². The van der Waals surface area contributed by atoms with Crippen LogP contribution in [0.5, 0.6) is 11.5 Å². The Morgan fingerprint density at radius 1 is 0.882 bits per heavy atom. The van der Waals surface area contributed by atoms with Gasteiger partial charge in [-0.2, -0.15) is 17.6 Å². The van der Waals surface area contributed by atoms with Crippen LogP contribution in [0, 0.1) is 23.7 Å². The van der Waals surface area contributed by atoms with Crippen molar-refractivity contribution in [3.8, 4) is 11.5 Å². The number of hydrogen-bond donors (Lipinski definition) is 0. The number of benzene rings is 1. The minimum Gasteiger partial charge on any atom is -0.428 e. The number of halogens is 4. The average Bonchev–Trinajstić information content (AvgIpc) is 2.83. The van der Waals surface area contributed by atoms with Crippen molar-refractivity contribution in [2.24, 2.45) is 23.7 Å². The summed E-state index contributed by atoms with van der Waals surface area (Å²) >= 11 is 0. The second-order valence-corrected chi connectivity index (χ2v) is 10.1. The van der Waals surface area contributed by atoms with Crippen LogP contribution in [0.2, 0.25) is 0 Å². The molecule has 0 unspecified atom stereocenters. The van der Waals surface area contributed by atoms with E-state index in [-0.39, 0.29) is 17.6 Å². The number of alkyl halides is 4. The van der Waals surface area contributed by atoms with Crippen LogP contribution in [0.3, 0.4) is 0 Å². The molecule has 2 aliphatic carbocycles. The highest BCUT2D eigenvalue weighted by atomic mass is 19.3. The lowest BCUT2D eigenvalue weighted by molar-refractivity contribution is -0.253. The molecule has 192 valence electrons. The molecule has 0 heterocycles. The van der Waals surface area contributed by atoms with Crippen molar-refractivity contribution in [2.45, 2.75) is 103 Å². The lowest BCUT2D eigenvalue weighted by Crippen LogP contribution is -2.33. The van der Waals surface area contributed by atoms with E-state index in [1.54, 1.807) is 0 Å². The van der Waals surface area contributed by atoms with Crippen molar-refractivity contribution < 1.29 is 31.8 Å². The fraction of sp³-hybridized carbons (Fsp3) is 0.741. The highest BCUT2D eigenvalue weighted by molar-refractivity contribution is 5.75. The van der Waals surface area contributed by atoms with Gasteiger partial charge in [-0.1, -0.05) is 51.9 Å². The normalized spacial score (nSPS) is 25.8. The van der Waals surface area contributed by atoms with Gasteiger partial charge in [0.2, 0.25) is 0 Å². The second kappa shape index (κ2) is 12.8. The largest absolute Gasteiger partial charge is 0.461 e. The molecule has 0 atom stereocenters. The van der Waals surface area contributed by atoms with Crippen LogP contribution >= 0.6 is 0 Å². The van der Waals surface area contributed by atoms with Crippen LogP contribution in [-0.4, -0.2) is 18.5 Å². The molecule has 0 saturated heterocycles. The van der Waals surface area contributed by atoms with E-state index in [1.165, 1.54) is 69.9 Å². The van der Waals surface area contributed by atoms with Gasteiger partial charge >= 0.3 is 18.5 Å². The lowest BCUT2D eigenvalue weighted by Gasteiger charge is -2.37. The third-order valence-electron chi connectivity index (χ3n) is 7.68. The SMILES string of the molecule is CCCCCCC1CCC(C2CCC(C(=O)Oc3ccc(OC(F)(F)C(F)F)cc3)CC2)CC1. The predicted molar refractivity (Wildman–Crippen MR) is 123 cm³/mol. The maximum atomic E-state index is 13.0. The smallest absolute Gasteiger partial charge is 0.428 e. The van der Waals surface area contributed by atoms with Crippen LogP contribution in [0.25, 0.3) is 0 Å². The third kappa shape index (κ3) is 7.88. The molecule has 34 heavy (non-hydrogen) atoms. The van der Waals surface area contributed by atoms with Crippen LogP contribution in [0.15, 0.2) is 24.3 Å². The van der Waals surface area contributed by atoms with E-state index < -0.39 is 18.3 Å². The maximum absolute atomic E-state index is 13.0. The van der Waals surface area contributed by atoms with Gasteiger partial charge in [0.25, 0.3) is 0 Å². The van der Waals surface area contributed by atoms with E-state index in [1.807, 2.05) is 0 Å². The molecule has 0 bridgehead atoms. The summed E-state index contributed by atoms with van der Waals surface area (Å²) in [5.74, 6) is 1.67. The van der Waals surface area contributed by atoms with Gasteiger partial charge in [-0.3, -0.25) is 4.79 Å². The fourth-order valence-corrected chi connectivity index (χ4v) is 5.61. The quantitative estimate of drug-likeness (QED) is 0.136. The summed E-state index contributed by atoms with van der Waals surface area (Å²) in [6.45, 7) is 2.25. The Morgan fingerprint density at radius 3 is 2.00 bits per heavy atom. The van der Waals surface area contributed by atoms with E-state index in [0.29, 0.717) is 5.92 Å². The molecule has 0 N–H and O–H groups in total. The van der Waals surface area contributed by atoms with E-state index in [4.69, 9.17) is 4.74 Å². The Kier molecular flexibility index (Phi) is 10.1. The minimum atomic E-state index is -4.56. The fourth-order valence-electron chi connectivity index (χ4n) is 5.61. The number of unbranched alkanes of at least 4 members (excludes halogenated alkanes) is 3. The number of hydrogen-bond acceptors (Lipinski definition) is 3. The molecule has 1 aromatic rings. The molecule has 2 fully saturated rings. The van der Waals surface area contributed by atoms with Gasteiger partial charge in [0, 0.05) is 0 Å². The molecule has 0 amide bonds. The zero-order valence-corrected chi connectivity index (χ0v) is 20.1. The topological polar surface area (TPSA) is 35.5 Å². The standard InChI is InChI=1S/C27H38F4O3/c1-2-3-4-5-6-19-7-9-20(10-8-19)21-11-13-22(14-12-21)25(32)33-23-15-17-24(18-16-23)34-27(30,31)26(28)29/h15-22,26H,2-14H2,1H3. The summed E-state index contributed by atoms with van der Waals surface area (Å²) in [7, 11) is 0. The Bertz CT molecular complexity index is 737. The predicted octanol–water partition coefficient (Wildman–Crippen LogP) is 8.41. The highest BCUT2D eigenvalue weighted by Crippen LogP contribution is 2.42. The molecular weight excluding hydrogens is 448 g/mol. The van der Waals surface area contributed by atoms with Gasteiger partial charge < -0.3 is 9.47 Å². The molecule has 1 aromatic carbocycles. The Labute approximate surface area is 200 Å². The average molecular weight is 487 g/mol. The molecule has 3 rings (SSSR count). The Morgan fingerprint density at radius 2 is 1.44 bits per heavy atom. The molecule has 7 heteroatoms. The van der Waals surface area contributed by atoms with Crippen LogP contribution in [-0.2, 0) is 4.79 Å². The van der Waals surface area contributed by atoms with Gasteiger partial charge in [-0.25, -0.2) is 0 Å². The molecule has 0 aliphatic heterocycles. The van der Waals surface area contributed by atoms with Crippen LogP contribution < -0.4 is 9.47 Å². The minimum absolute atomic E-state index is 0.162. The summed E-state index contributed by atoms with van der Waals surface area (Å²) in [6.07, 6.45) is 7.29. The second-order valence-electron chi connectivity index (χ2n) is 10.1. The van der Waals surface area contributed by atoms with E-state index in [0.717, 1.165) is 49.7 Å². The van der Waals surface area contributed by atoms with E-state index >= 15 is 0 Å². The number of carbonyl (C=O) groups excluding carboxylic acids is 1. The zero-order chi connectivity index (χ0) is 24.6. The monoisotopic (exact) mass is 486 g/mol. The molecule has 3 nitrogen and oxygen atoms in total. The summed E-state index contributed by atoms with van der Waals surface area (Å²) in [4.78, 5) is 12.6. The maximum Gasteiger partial charge on any atom is 0.461 e. The molecule has 0 radical (unpaired) electrons. The van der Waals surface area contributed by atoms with Crippen molar-refractivity contribution in [2.75, 3.05) is 0 Å². The highest BCUT2D eigenvalue weighted by Gasteiger charge is 2.44. The Balaban J connectivity index is 1.37. The first-order chi connectivity index (χ1) is 16.3. The van der Waals surface area contributed by atoms with E-state index in [2.05, 4.69) is 11.7 Å². The van der Waals surface area contributed by atoms with Crippen molar-refractivity contribution >= 4 is 5.97 Å². The first-order valence-electron chi connectivity index (χ1n) is 12.9. The number of rotatable bonds is 11. The number of carbonyl (C=O) groups is 1. The first kappa shape index (κ1) is 26.8. The molecule has 0 aromatic heterocycles. The summed E-state index contributed by atoms with van der Waals surface area (Å²) in [5.41, 5.74) is 0. The van der Waals surface area contributed by atoms with E-state index in [9.17, 15) is 22.4 Å². The van der Waals surface area contributed by atoms with Gasteiger partial charge in [0.1, 0.15) is 11.5 Å². The van der Waals surface area contributed by atoms with Gasteiger partial charge in [-0.05, 0) is 80.5 Å². The third-order valence-corrected chi connectivity index (χ3v) is 7.68.